The highest BCUT2D eigenvalue weighted by atomic mass is 19.3. The molecule has 9 heteroatoms. The molecule has 0 aliphatic carbocycles. The second kappa shape index (κ2) is 8.59. The highest BCUT2D eigenvalue weighted by Crippen LogP contribution is 2.25. The van der Waals surface area contributed by atoms with Gasteiger partial charge in [0.15, 0.2) is 6.61 Å². The highest BCUT2D eigenvalue weighted by molar-refractivity contribution is 5.97. The molecule has 0 saturated carbocycles. The Bertz CT molecular complexity index is 1070. The topological polar surface area (TPSA) is 90.4 Å². The molecule has 3 aromatic rings. The molecule has 0 saturated heterocycles. The van der Waals surface area contributed by atoms with Gasteiger partial charge in [-0.2, -0.15) is 8.78 Å². The number of carbonyl (C=O) groups excluding carboxylic acids is 2. The molecule has 1 N–H and O–H groups in total. The number of ether oxygens (including phenoxy) is 2. The van der Waals surface area contributed by atoms with Gasteiger partial charge in [0.2, 0.25) is 0 Å². The summed E-state index contributed by atoms with van der Waals surface area (Å²) < 4.78 is 34.2. The molecule has 2 aromatic carbocycles. The molecule has 29 heavy (non-hydrogen) atoms. The molecule has 0 aliphatic heterocycles. The second-order valence-corrected chi connectivity index (χ2v) is 6.10. The molecule has 0 radical (unpaired) electrons. The van der Waals surface area contributed by atoms with E-state index >= 15 is 0 Å². The molecule has 1 amide bonds. The van der Waals surface area contributed by atoms with Crippen molar-refractivity contribution in [1.29, 1.82) is 0 Å². The van der Waals surface area contributed by atoms with Crippen LogP contribution in [0.3, 0.4) is 0 Å². The fourth-order valence-electron chi connectivity index (χ4n) is 2.53. The first-order chi connectivity index (χ1) is 13.8. The van der Waals surface area contributed by atoms with Gasteiger partial charge in [0, 0.05) is 0 Å². The molecule has 0 fully saturated rings. The Balaban J connectivity index is 1.64. The van der Waals surface area contributed by atoms with Crippen LogP contribution < -0.4 is 10.1 Å². The predicted octanol–water partition coefficient (Wildman–Crippen LogP) is 3.64. The summed E-state index contributed by atoms with van der Waals surface area (Å²) in [5.41, 5.74) is 2.96. The lowest BCUT2D eigenvalue weighted by molar-refractivity contribution is -0.119. The smallest absolute Gasteiger partial charge is 0.387 e. The van der Waals surface area contributed by atoms with Gasteiger partial charge in [0.1, 0.15) is 5.75 Å². The third-order valence-corrected chi connectivity index (χ3v) is 4.02. The van der Waals surface area contributed by atoms with Crippen molar-refractivity contribution < 1.29 is 27.8 Å². The van der Waals surface area contributed by atoms with Crippen LogP contribution in [0.2, 0.25) is 0 Å². The summed E-state index contributed by atoms with van der Waals surface area (Å²) in [7, 11) is 0. The fourth-order valence-corrected chi connectivity index (χ4v) is 2.53. The van der Waals surface area contributed by atoms with Crippen LogP contribution >= 0.6 is 0 Å². The maximum absolute atomic E-state index is 12.4. The number of alkyl halides is 2. The maximum atomic E-state index is 12.4. The Morgan fingerprint density at radius 1 is 1.03 bits per heavy atom. The number of para-hydroxylation sites is 2. The Hall–Kier alpha value is -3.62. The highest BCUT2D eigenvalue weighted by Gasteiger charge is 2.15. The van der Waals surface area contributed by atoms with Crippen LogP contribution in [0.15, 0.2) is 42.5 Å². The molecule has 0 aliphatic rings. The van der Waals surface area contributed by atoms with E-state index in [-0.39, 0.29) is 17.0 Å². The van der Waals surface area contributed by atoms with Gasteiger partial charge < -0.3 is 14.8 Å². The molecule has 3 rings (SSSR count). The lowest BCUT2D eigenvalue weighted by Crippen LogP contribution is -2.21. The molecule has 0 unspecified atom stereocenters. The zero-order chi connectivity index (χ0) is 21.0. The molecule has 1 aromatic heterocycles. The largest absolute Gasteiger partial charge is 0.452 e. The van der Waals surface area contributed by atoms with Crippen molar-refractivity contribution in [1.82, 2.24) is 9.97 Å². The number of fused-ring (bicyclic) bond motifs is 1. The van der Waals surface area contributed by atoms with Gasteiger partial charge in [0.25, 0.3) is 5.91 Å². The van der Waals surface area contributed by atoms with Gasteiger partial charge in [-0.05, 0) is 44.2 Å². The Morgan fingerprint density at radius 2 is 1.72 bits per heavy atom. The fraction of sp³-hybridized carbons (Fsp3) is 0.200. The van der Waals surface area contributed by atoms with E-state index in [9.17, 15) is 18.4 Å². The van der Waals surface area contributed by atoms with Gasteiger partial charge in [0.05, 0.1) is 33.7 Å². The summed E-state index contributed by atoms with van der Waals surface area (Å²) in [6.45, 7) is 0.0208. The third kappa shape index (κ3) is 5.01. The average molecular weight is 401 g/mol. The molecular weight excluding hydrogens is 384 g/mol. The average Bonchev–Trinajstić information content (AvgIpc) is 2.68. The van der Waals surface area contributed by atoms with Crippen molar-refractivity contribution in [3.8, 4) is 5.75 Å². The summed E-state index contributed by atoms with van der Waals surface area (Å²) in [4.78, 5) is 33.0. The minimum atomic E-state index is -3.03. The minimum absolute atomic E-state index is 0.0423. The first-order valence-corrected chi connectivity index (χ1v) is 8.59. The summed E-state index contributed by atoms with van der Waals surface area (Å²) in [6.07, 6.45) is 0. The third-order valence-electron chi connectivity index (χ3n) is 4.02. The lowest BCUT2D eigenvalue weighted by Gasteiger charge is -2.12. The normalized spacial score (nSPS) is 10.8. The van der Waals surface area contributed by atoms with Crippen molar-refractivity contribution in [3.05, 3.63) is 59.4 Å². The summed E-state index contributed by atoms with van der Waals surface area (Å²) in [5, 5.41) is 2.37. The van der Waals surface area contributed by atoms with Crippen LogP contribution in [0.4, 0.5) is 14.5 Å². The molecule has 0 atom stereocenters. The van der Waals surface area contributed by atoms with Gasteiger partial charge in [-0.25, -0.2) is 14.8 Å². The molecule has 0 spiro atoms. The van der Waals surface area contributed by atoms with Gasteiger partial charge >= 0.3 is 12.6 Å². The number of rotatable bonds is 6. The number of hydrogen-bond acceptors (Lipinski definition) is 6. The zero-order valence-corrected chi connectivity index (χ0v) is 15.6. The number of nitrogens with one attached hydrogen (secondary N) is 1. The standard InChI is InChI=1S/C20H17F2N3O4/c1-11-12(2)24-16-9-13(7-8-14(16)23-11)19(27)28-10-18(26)25-15-5-3-4-6-17(15)29-20(21)22/h3-9,20H,10H2,1-2H3,(H,25,26). The van der Waals surface area contributed by atoms with E-state index in [0.717, 1.165) is 11.4 Å². The van der Waals surface area contributed by atoms with Gasteiger partial charge in [-0.1, -0.05) is 12.1 Å². The number of anilines is 1. The van der Waals surface area contributed by atoms with E-state index in [1.165, 1.54) is 30.3 Å². The van der Waals surface area contributed by atoms with E-state index in [4.69, 9.17) is 4.74 Å². The second-order valence-electron chi connectivity index (χ2n) is 6.10. The number of amides is 1. The molecule has 0 bridgehead atoms. The SMILES string of the molecule is Cc1nc2ccc(C(=O)OCC(=O)Nc3ccccc3OC(F)F)cc2nc1C. The van der Waals surface area contributed by atoms with Crippen LogP contribution in [-0.4, -0.2) is 35.1 Å². The molecule has 7 nitrogen and oxygen atoms in total. The van der Waals surface area contributed by atoms with Crippen LogP contribution in [0, 0.1) is 13.8 Å². The first kappa shape index (κ1) is 20.1. The van der Waals surface area contributed by atoms with E-state index in [2.05, 4.69) is 20.0 Å². The Morgan fingerprint density at radius 3 is 2.45 bits per heavy atom. The number of benzene rings is 2. The summed E-state index contributed by atoms with van der Waals surface area (Å²) >= 11 is 0. The number of carbonyl (C=O) groups is 2. The van der Waals surface area contributed by atoms with Crippen molar-refractivity contribution in [2.45, 2.75) is 20.5 Å². The van der Waals surface area contributed by atoms with E-state index in [0.29, 0.717) is 11.0 Å². The minimum Gasteiger partial charge on any atom is -0.452 e. The van der Waals surface area contributed by atoms with Crippen molar-refractivity contribution in [2.75, 3.05) is 11.9 Å². The summed E-state index contributed by atoms with van der Waals surface area (Å²) in [5.74, 6) is -1.61. The summed E-state index contributed by atoms with van der Waals surface area (Å²) in [6, 6.07) is 10.4. The van der Waals surface area contributed by atoms with E-state index < -0.39 is 25.1 Å². The maximum Gasteiger partial charge on any atom is 0.387 e. The number of nitrogens with zero attached hydrogens (tertiary/aromatic N) is 2. The molecular formula is C20H17F2N3O4. The van der Waals surface area contributed by atoms with E-state index in [1.807, 2.05) is 13.8 Å². The predicted molar refractivity (Wildman–Crippen MR) is 101 cm³/mol. The van der Waals surface area contributed by atoms with Gasteiger partial charge in [-0.15, -0.1) is 0 Å². The number of aromatic nitrogens is 2. The van der Waals surface area contributed by atoms with Crippen molar-refractivity contribution >= 4 is 28.6 Å². The molecule has 150 valence electrons. The van der Waals surface area contributed by atoms with Crippen molar-refractivity contribution in [2.24, 2.45) is 0 Å². The van der Waals surface area contributed by atoms with E-state index in [1.54, 1.807) is 12.1 Å². The lowest BCUT2D eigenvalue weighted by atomic mass is 10.2. The quantitative estimate of drug-likeness (QED) is 0.634. The number of esters is 1. The Kier molecular flexibility index (Phi) is 5.96. The number of aryl methyl sites for hydroxylation is 2. The van der Waals surface area contributed by atoms with Crippen molar-refractivity contribution in [3.63, 3.8) is 0 Å². The van der Waals surface area contributed by atoms with Crippen LogP contribution in [0.25, 0.3) is 11.0 Å². The number of hydrogen-bond donors (Lipinski definition) is 1. The zero-order valence-electron chi connectivity index (χ0n) is 15.6. The van der Waals surface area contributed by atoms with Gasteiger partial charge in [-0.3, -0.25) is 4.79 Å². The number of halogens is 2. The Labute approximate surface area is 164 Å². The van der Waals surface area contributed by atoms with Crippen LogP contribution in [0.5, 0.6) is 5.75 Å². The van der Waals surface area contributed by atoms with Crippen LogP contribution in [0.1, 0.15) is 21.7 Å². The molecule has 1 heterocycles. The monoisotopic (exact) mass is 401 g/mol. The van der Waals surface area contributed by atoms with Crippen LogP contribution in [-0.2, 0) is 9.53 Å². The first-order valence-electron chi connectivity index (χ1n) is 8.59.